The number of aromatic amines is 2. The molecule has 0 aliphatic rings. The average molecular weight is 225 g/mol. The molecule has 0 saturated carbocycles. The van der Waals surface area contributed by atoms with Gasteiger partial charge in [-0.15, -0.1) is 0 Å². The van der Waals surface area contributed by atoms with Crippen molar-refractivity contribution in [3.05, 3.63) is 39.2 Å². The van der Waals surface area contributed by atoms with Crippen LogP contribution >= 0.6 is 12.2 Å². The molecule has 0 aromatic carbocycles. The first-order valence-corrected chi connectivity index (χ1v) is 5.21. The second-order valence-corrected chi connectivity index (χ2v) is 3.99. The van der Waals surface area contributed by atoms with E-state index in [1.807, 2.05) is 12.3 Å². The number of allylic oxidation sites excluding steroid dienone is 1. The van der Waals surface area contributed by atoms with Crippen molar-refractivity contribution in [2.24, 2.45) is 5.92 Å². The van der Waals surface area contributed by atoms with Gasteiger partial charge in [-0.25, -0.2) is 0 Å². The van der Waals surface area contributed by atoms with Crippen molar-refractivity contribution in [2.75, 3.05) is 0 Å². The van der Waals surface area contributed by atoms with E-state index in [4.69, 9.17) is 12.2 Å². The summed E-state index contributed by atoms with van der Waals surface area (Å²) in [6.07, 6.45) is 5.50. The summed E-state index contributed by atoms with van der Waals surface area (Å²) in [5.74, 6) is 0.498. The molecule has 0 amide bonds. The Balaban J connectivity index is 2.59. The minimum absolute atomic E-state index is 0.149. The molecule has 0 radical (unpaired) electrons. The highest BCUT2D eigenvalue weighted by molar-refractivity contribution is 7.71. The predicted molar refractivity (Wildman–Crippen MR) is 63.1 cm³/mol. The van der Waals surface area contributed by atoms with Crippen LogP contribution < -0.4 is 10.9 Å². The third kappa shape index (κ3) is 4.12. The molecule has 1 heterocycles. The molecule has 0 unspecified atom stereocenters. The molecule has 82 valence electrons. The van der Waals surface area contributed by atoms with E-state index in [9.17, 15) is 4.79 Å². The van der Waals surface area contributed by atoms with Crippen LogP contribution in [-0.2, 0) is 6.54 Å². The van der Waals surface area contributed by atoms with Crippen LogP contribution in [0.25, 0.3) is 0 Å². The zero-order valence-corrected chi connectivity index (χ0v) is 9.65. The number of hydrogen-bond acceptors (Lipinski definition) is 3. The molecule has 0 fully saturated rings. The molecule has 0 aliphatic heterocycles. The van der Waals surface area contributed by atoms with Crippen LogP contribution in [0, 0.1) is 10.7 Å². The Morgan fingerprint density at radius 2 is 2.33 bits per heavy atom. The SMILES string of the molecule is CC(C)C=CNCc1c[nH]c(=S)[nH]c1=O. The summed E-state index contributed by atoms with van der Waals surface area (Å²) < 4.78 is 0.349. The summed E-state index contributed by atoms with van der Waals surface area (Å²) in [6.45, 7) is 4.67. The monoisotopic (exact) mass is 225 g/mol. The van der Waals surface area contributed by atoms with Gasteiger partial charge in [-0.1, -0.05) is 19.9 Å². The first-order valence-electron chi connectivity index (χ1n) is 4.80. The lowest BCUT2D eigenvalue weighted by molar-refractivity contribution is 0.791. The fourth-order valence-corrected chi connectivity index (χ4v) is 1.15. The summed E-state index contributed by atoms with van der Waals surface area (Å²) in [6, 6.07) is 0. The number of hydrogen-bond donors (Lipinski definition) is 3. The van der Waals surface area contributed by atoms with Crippen molar-refractivity contribution >= 4 is 12.2 Å². The highest BCUT2D eigenvalue weighted by Gasteiger charge is 1.96. The minimum atomic E-state index is -0.149. The molecule has 0 bridgehead atoms. The van der Waals surface area contributed by atoms with E-state index < -0.39 is 0 Å². The third-order valence-corrected chi connectivity index (χ3v) is 2.01. The van der Waals surface area contributed by atoms with Gasteiger partial charge in [0, 0.05) is 12.7 Å². The van der Waals surface area contributed by atoms with Gasteiger partial charge in [0.15, 0.2) is 4.77 Å². The Labute approximate surface area is 93.4 Å². The van der Waals surface area contributed by atoms with Gasteiger partial charge in [-0.3, -0.25) is 9.78 Å². The maximum absolute atomic E-state index is 11.4. The van der Waals surface area contributed by atoms with Crippen LogP contribution in [0.3, 0.4) is 0 Å². The van der Waals surface area contributed by atoms with Gasteiger partial charge < -0.3 is 10.3 Å². The van der Waals surface area contributed by atoms with Crippen LogP contribution in [0.1, 0.15) is 19.4 Å². The Hall–Kier alpha value is -1.36. The van der Waals surface area contributed by atoms with Crippen molar-refractivity contribution < 1.29 is 0 Å². The molecule has 1 rings (SSSR count). The number of rotatable bonds is 4. The first-order chi connectivity index (χ1) is 7.09. The minimum Gasteiger partial charge on any atom is -0.387 e. The lowest BCUT2D eigenvalue weighted by Gasteiger charge is -2.00. The molecule has 0 atom stereocenters. The zero-order chi connectivity index (χ0) is 11.3. The average Bonchev–Trinajstić information content (AvgIpc) is 2.14. The topological polar surface area (TPSA) is 60.7 Å². The van der Waals surface area contributed by atoms with Crippen LogP contribution in [0.15, 0.2) is 23.3 Å². The van der Waals surface area contributed by atoms with E-state index >= 15 is 0 Å². The van der Waals surface area contributed by atoms with Gasteiger partial charge in [0.25, 0.3) is 5.56 Å². The summed E-state index contributed by atoms with van der Waals surface area (Å²) >= 11 is 4.78. The molecule has 1 aromatic rings. The first kappa shape index (κ1) is 11.7. The highest BCUT2D eigenvalue weighted by atomic mass is 32.1. The molecule has 1 aromatic heterocycles. The van der Waals surface area contributed by atoms with Gasteiger partial charge in [0.1, 0.15) is 0 Å². The lowest BCUT2D eigenvalue weighted by atomic mass is 10.2. The maximum Gasteiger partial charge on any atom is 0.256 e. The van der Waals surface area contributed by atoms with Gasteiger partial charge >= 0.3 is 0 Å². The molecular weight excluding hydrogens is 210 g/mol. The van der Waals surface area contributed by atoms with Gasteiger partial charge in [0.05, 0.1) is 5.56 Å². The van der Waals surface area contributed by atoms with E-state index in [1.165, 1.54) is 0 Å². The number of H-pyrrole nitrogens is 2. The van der Waals surface area contributed by atoms with Crippen molar-refractivity contribution in [2.45, 2.75) is 20.4 Å². The largest absolute Gasteiger partial charge is 0.387 e. The normalized spacial score (nSPS) is 11.1. The molecule has 5 heteroatoms. The number of aromatic nitrogens is 2. The fraction of sp³-hybridized carbons (Fsp3) is 0.400. The summed E-state index contributed by atoms with van der Waals surface area (Å²) in [4.78, 5) is 16.7. The van der Waals surface area contributed by atoms with Crippen LogP contribution in [0.5, 0.6) is 0 Å². The second kappa shape index (κ2) is 5.50. The summed E-state index contributed by atoms with van der Waals surface area (Å²) in [5.41, 5.74) is 0.487. The molecule has 0 aliphatic carbocycles. The number of nitrogens with one attached hydrogen (secondary N) is 3. The Bertz CT molecular complexity index is 444. The molecular formula is C10H15N3OS. The molecule has 0 spiro atoms. The zero-order valence-electron chi connectivity index (χ0n) is 8.83. The van der Waals surface area contributed by atoms with E-state index in [0.29, 0.717) is 22.8 Å². The molecule has 0 saturated heterocycles. The Kier molecular flexibility index (Phi) is 4.30. The van der Waals surface area contributed by atoms with Gasteiger partial charge in [-0.2, -0.15) is 0 Å². The van der Waals surface area contributed by atoms with E-state index in [-0.39, 0.29) is 5.56 Å². The van der Waals surface area contributed by atoms with Crippen LogP contribution in [0.2, 0.25) is 0 Å². The van der Waals surface area contributed by atoms with Crippen molar-refractivity contribution in [1.82, 2.24) is 15.3 Å². The van der Waals surface area contributed by atoms with E-state index in [0.717, 1.165) is 0 Å². The smallest absolute Gasteiger partial charge is 0.256 e. The van der Waals surface area contributed by atoms with E-state index in [1.54, 1.807) is 6.20 Å². The summed E-state index contributed by atoms with van der Waals surface area (Å²) in [7, 11) is 0. The van der Waals surface area contributed by atoms with Crippen LogP contribution in [-0.4, -0.2) is 9.97 Å². The third-order valence-electron chi connectivity index (χ3n) is 1.79. The van der Waals surface area contributed by atoms with Gasteiger partial charge in [0.2, 0.25) is 0 Å². The quantitative estimate of drug-likeness (QED) is 0.683. The predicted octanol–water partition coefficient (Wildman–Crippen LogP) is 1.69. The molecule has 4 nitrogen and oxygen atoms in total. The Morgan fingerprint density at radius 3 is 2.93 bits per heavy atom. The maximum atomic E-state index is 11.4. The van der Waals surface area contributed by atoms with Crippen molar-refractivity contribution in [1.29, 1.82) is 0 Å². The summed E-state index contributed by atoms with van der Waals surface area (Å²) in [5, 5.41) is 3.04. The standard InChI is InChI=1S/C10H15N3OS/c1-7(2)3-4-11-5-8-6-12-10(15)13-9(8)14/h3-4,6-7,11H,5H2,1-2H3,(H2,12,13,14,15). The van der Waals surface area contributed by atoms with Crippen LogP contribution in [0.4, 0.5) is 0 Å². The Morgan fingerprint density at radius 1 is 1.60 bits per heavy atom. The van der Waals surface area contributed by atoms with E-state index in [2.05, 4.69) is 29.1 Å². The fourth-order valence-electron chi connectivity index (χ4n) is 0.998. The highest BCUT2D eigenvalue weighted by Crippen LogP contribution is 1.92. The van der Waals surface area contributed by atoms with Gasteiger partial charge in [-0.05, 0) is 24.3 Å². The second-order valence-electron chi connectivity index (χ2n) is 3.58. The van der Waals surface area contributed by atoms with Crippen molar-refractivity contribution in [3.63, 3.8) is 0 Å². The van der Waals surface area contributed by atoms with Crippen molar-refractivity contribution in [3.8, 4) is 0 Å². The molecule has 15 heavy (non-hydrogen) atoms. The molecule has 3 N–H and O–H groups in total. The lowest BCUT2D eigenvalue weighted by Crippen LogP contribution is -2.18.